The van der Waals surface area contributed by atoms with E-state index in [1.165, 1.54) is 12.3 Å². The van der Waals surface area contributed by atoms with E-state index in [0.29, 0.717) is 5.92 Å². The molecule has 0 aromatic carbocycles. The first-order valence-corrected chi connectivity index (χ1v) is 6.50. The summed E-state index contributed by atoms with van der Waals surface area (Å²) in [5, 5.41) is 3.23. The normalized spacial score (nSPS) is 13.3. The lowest BCUT2D eigenvalue weighted by atomic mass is 10.1. The second kappa shape index (κ2) is 7.44. The zero-order valence-electron chi connectivity index (χ0n) is 11.8. The Labute approximate surface area is 109 Å². The molecule has 0 aliphatic heterocycles. The second-order valence-corrected chi connectivity index (χ2v) is 5.19. The standard InChI is InChI=1S/C14H24FN3/c1-11(2)10-18(4)8-7-13(16-3)14-6-5-12(15)9-17-14/h5-6,9,11,13,16H,7-8,10H2,1-4H3. The lowest BCUT2D eigenvalue weighted by Gasteiger charge is -2.22. The van der Waals surface area contributed by atoms with E-state index in [0.717, 1.165) is 25.2 Å². The van der Waals surface area contributed by atoms with Crippen LogP contribution in [0.3, 0.4) is 0 Å². The molecule has 1 N–H and O–H groups in total. The van der Waals surface area contributed by atoms with E-state index in [-0.39, 0.29) is 11.9 Å². The third-order valence-corrected chi connectivity index (χ3v) is 2.93. The predicted octanol–water partition coefficient (Wildman–Crippen LogP) is 2.46. The van der Waals surface area contributed by atoms with Gasteiger partial charge >= 0.3 is 0 Å². The summed E-state index contributed by atoms with van der Waals surface area (Å²) in [6.45, 7) is 6.52. The van der Waals surface area contributed by atoms with Gasteiger partial charge in [0.2, 0.25) is 0 Å². The Bertz CT molecular complexity index is 337. The number of hydrogen-bond donors (Lipinski definition) is 1. The summed E-state index contributed by atoms with van der Waals surface area (Å²) < 4.78 is 12.8. The van der Waals surface area contributed by atoms with Crippen LogP contribution in [0.4, 0.5) is 4.39 Å². The first kappa shape index (κ1) is 15.1. The number of rotatable bonds is 7. The van der Waals surface area contributed by atoms with Gasteiger partial charge < -0.3 is 10.2 Å². The Morgan fingerprint density at radius 3 is 2.61 bits per heavy atom. The maximum absolute atomic E-state index is 12.8. The van der Waals surface area contributed by atoms with E-state index in [4.69, 9.17) is 0 Å². The van der Waals surface area contributed by atoms with E-state index in [1.54, 1.807) is 6.07 Å². The molecule has 18 heavy (non-hydrogen) atoms. The summed E-state index contributed by atoms with van der Waals surface area (Å²) in [5.41, 5.74) is 0.900. The first-order chi connectivity index (χ1) is 8.52. The van der Waals surface area contributed by atoms with Crippen LogP contribution < -0.4 is 5.32 Å². The van der Waals surface area contributed by atoms with Crippen molar-refractivity contribution in [1.82, 2.24) is 15.2 Å². The number of pyridine rings is 1. The maximum atomic E-state index is 12.8. The SMILES string of the molecule is CNC(CCN(C)CC(C)C)c1ccc(F)cn1. The van der Waals surface area contributed by atoms with Gasteiger partial charge in [-0.3, -0.25) is 4.98 Å². The van der Waals surface area contributed by atoms with Gasteiger partial charge in [-0.1, -0.05) is 13.8 Å². The van der Waals surface area contributed by atoms with Gasteiger partial charge in [0.1, 0.15) is 5.82 Å². The molecule has 0 amide bonds. The average molecular weight is 253 g/mol. The van der Waals surface area contributed by atoms with Crippen molar-refractivity contribution >= 4 is 0 Å². The van der Waals surface area contributed by atoms with Gasteiger partial charge in [0.25, 0.3) is 0 Å². The lowest BCUT2D eigenvalue weighted by Crippen LogP contribution is -2.28. The fourth-order valence-electron chi connectivity index (χ4n) is 2.10. The predicted molar refractivity (Wildman–Crippen MR) is 72.9 cm³/mol. The Morgan fingerprint density at radius 2 is 2.11 bits per heavy atom. The highest BCUT2D eigenvalue weighted by Crippen LogP contribution is 2.14. The highest BCUT2D eigenvalue weighted by molar-refractivity contribution is 5.09. The van der Waals surface area contributed by atoms with Gasteiger partial charge in [0.15, 0.2) is 0 Å². The van der Waals surface area contributed by atoms with E-state index < -0.39 is 0 Å². The smallest absolute Gasteiger partial charge is 0.141 e. The molecule has 1 atom stereocenters. The molecule has 4 heteroatoms. The van der Waals surface area contributed by atoms with Gasteiger partial charge in [-0.05, 0) is 45.1 Å². The van der Waals surface area contributed by atoms with Gasteiger partial charge in [-0.25, -0.2) is 4.39 Å². The van der Waals surface area contributed by atoms with Crippen LogP contribution in [0, 0.1) is 11.7 Å². The number of hydrogen-bond acceptors (Lipinski definition) is 3. The van der Waals surface area contributed by atoms with Crippen molar-refractivity contribution in [2.45, 2.75) is 26.3 Å². The van der Waals surface area contributed by atoms with Crippen LogP contribution in [-0.4, -0.2) is 37.1 Å². The van der Waals surface area contributed by atoms with Gasteiger partial charge in [-0.15, -0.1) is 0 Å². The van der Waals surface area contributed by atoms with Crippen LogP contribution in [0.1, 0.15) is 32.0 Å². The molecule has 102 valence electrons. The van der Waals surface area contributed by atoms with Crippen molar-refractivity contribution in [1.29, 1.82) is 0 Å². The van der Waals surface area contributed by atoms with Crippen molar-refractivity contribution in [3.8, 4) is 0 Å². The molecule has 0 saturated carbocycles. The summed E-state index contributed by atoms with van der Waals surface area (Å²) >= 11 is 0. The average Bonchev–Trinajstić information content (AvgIpc) is 2.31. The third kappa shape index (κ3) is 5.10. The molecule has 0 radical (unpaired) electrons. The molecule has 1 unspecified atom stereocenters. The first-order valence-electron chi connectivity index (χ1n) is 6.50. The monoisotopic (exact) mass is 253 g/mol. The largest absolute Gasteiger partial charge is 0.312 e. The molecule has 1 rings (SSSR count). The molecule has 0 fully saturated rings. The van der Waals surface area contributed by atoms with Crippen LogP contribution in [0.5, 0.6) is 0 Å². The van der Waals surface area contributed by atoms with Crippen LogP contribution in [0.2, 0.25) is 0 Å². The number of nitrogens with one attached hydrogen (secondary N) is 1. The summed E-state index contributed by atoms with van der Waals surface area (Å²) in [5.74, 6) is 0.387. The Balaban J connectivity index is 2.49. The zero-order valence-corrected chi connectivity index (χ0v) is 11.8. The fraction of sp³-hybridized carbons (Fsp3) is 0.643. The minimum Gasteiger partial charge on any atom is -0.312 e. The Hall–Kier alpha value is -1.00. The number of nitrogens with zero attached hydrogens (tertiary/aromatic N) is 2. The highest BCUT2D eigenvalue weighted by atomic mass is 19.1. The van der Waals surface area contributed by atoms with Crippen molar-refractivity contribution in [3.63, 3.8) is 0 Å². The van der Waals surface area contributed by atoms with Crippen molar-refractivity contribution < 1.29 is 4.39 Å². The van der Waals surface area contributed by atoms with E-state index in [2.05, 4.69) is 36.1 Å². The molecule has 1 aromatic heterocycles. The summed E-state index contributed by atoms with van der Waals surface area (Å²) in [7, 11) is 4.04. The van der Waals surface area contributed by atoms with Gasteiger partial charge in [0.05, 0.1) is 17.9 Å². The fourth-order valence-corrected chi connectivity index (χ4v) is 2.10. The van der Waals surface area contributed by atoms with E-state index in [1.807, 2.05) is 7.05 Å². The quantitative estimate of drug-likeness (QED) is 0.809. The minimum atomic E-state index is -0.287. The zero-order chi connectivity index (χ0) is 13.5. The topological polar surface area (TPSA) is 28.2 Å². The summed E-state index contributed by atoms with van der Waals surface area (Å²) in [6.07, 6.45) is 2.25. The van der Waals surface area contributed by atoms with Crippen molar-refractivity contribution in [3.05, 3.63) is 29.8 Å². The second-order valence-electron chi connectivity index (χ2n) is 5.19. The Morgan fingerprint density at radius 1 is 1.39 bits per heavy atom. The molecular weight excluding hydrogens is 229 g/mol. The molecule has 0 bridgehead atoms. The molecule has 0 aliphatic rings. The van der Waals surface area contributed by atoms with Gasteiger partial charge in [0, 0.05) is 6.54 Å². The molecular formula is C14H24FN3. The molecule has 1 heterocycles. The van der Waals surface area contributed by atoms with Crippen molar-refractivity contribution in [2.75, 3.05) is 27.2 Å². The maximum Gasteiger partial charge on any atom is 0.141 e. The molecule has 0 saturated heterocycles. The number of halogens is 1. The van der Waals surface area contributed by atoms with Crippen LogP contribution in [0.25, 0.3) is 0 Å². The van der Waals surface area contributed by atoms with Crippen LogP contribution in [-0.2, 0) is 0 Å². The Kier molecular flexibility index (Phi) is 6.22. The van der Waals surface area contributed by atoms with E-state index >= 15 is 0 Å². The van der Waals surface area contributed by atoms with Crippen molar-refractivity contribution in [2.24, 2.45) is 5.92 Å². The molecule has 0 aliphatic carbocycles. The number of aromatic nitrogens is 1. The molecule has 1 aromatic rings. The molecule has 3 nitrogen and oxygen atoms in total. The van der Waals surface area contributed by atoms with Gasteiger partial charge in [-0.2, -0.15) is 0 Å². The minimum absolute atomic E-state index is 0.181. The van der Waals surface area contributed by atoms with E-state index in [9.17, 15) is 4.39 Å². The third-order valence-electron chi connectivity index (χ3n) is 2.93. The van der Waals surface area contributed by atoms with Crippen LogP contribution >= 0.6 is 0 Å². The molecule has 0 spiro atoms. The highest BCUT2D eigenvalue weighted by Gasteiger charge is 2.12. The summed E-state index contributed by atoms with van der Waals surface area (Å²) in [4.78, 5) is 6.45. The summed E-state index contributed by atoms with van der Waals surface area (Å²) in [6, 6.07) is 3.39. The lowest BCUT2D eigenvalue weighted by molar-refractivity contribution is 0.278. The van der Waals surface area contributed by atoms with Crippen LogP contribution in [0.15, 0.2) is 18.3 Å².